The summed E-state index contributed by atoms with van der Waals surface area (Å²) in [6, 6.07) is 5.50. The first-order valence-corrected chi connectivity index (χ1v) is 6.17. The van der Waals surface area contributed by atoms with Gasteiger partial charge in [0.15, 0.2) is 6.29 Å². The lowest BCUT2D eigenvalue weighted by molar-refractivity contribution is 0.112. The van der Waals surface area contributed by atoms with Crippen LogP contribution in [0, 0.1) is 5.92 Å². The zero-order valence-corrected chi connectivity index (χ0v) is 11.4. The number of nitrogens with zero attached hydrogens (tertiary/aromatic N) is 1. The first-order valence-electron chi connectivity index (χ1n) is 5.38. The van der Waals surface area contributed by atoms with E-state index in [1.54, 1.807) is 6.07 Å². The molecule has 0 heterocycles. The van der Waals surface area contributed by atoms with Gasteiger partial charge in [-0.25, -0.2) is 0 Å². The zero-order valence-electron chi connectivity index (χ0n) is 9.83. The highest BCUT2D eigenvalue weighted by molar-refractivity contribution is 9.10. The molecule has 0 saturated carbocycles. The Labute approximate surface area is 105 Å². The van der Waals surface area contributed by atoms with Crippen molar-refractivity contribution in [3.63, 3.8) is 0 Å². The Hall–Kier alpha value is -0.960. The molecule has 3 heteroatoms. The van der Waals surface area contributed by atoms with E-state index in [1.165, 1.54) is 0 Å². The van der Waals surface area contributed by atoms with Crippen molar-refractivity contribution in [2.75, 3.05) is 0 Å². The van der Waals surface area contributed by atoms with Gasteiger partial charge in [-0.1, -0.05) is 29.8 Å². The van der Waals surface area contributed by atoms with Crippen molar-refractivity contribution in [1.82, 2.24) is 0 Å². The summed E-state index contributed by atoms with van der Waals surface area (Å²) in [7, 11) is 0. The maximum absolute atomic E-state index is 10.9. The lowest BCUT2D eigenvalue weighted by Crippen LogP contribution is -2.04. The molecule has 1 rings (SSSR count). The van der Waals surface area contributed by atoms with Crippen molar-refractivity contribution in [2.45, 2.75) is 27.2 Å². The quantitative estimate of drug-likeness (QED) is 0.594. The van der Waals surface area contributed by atoms with E-state index < -0.39 is 0 Å². The van der Waals surface area contributed by atoms with Crippen LogP contribution in [0.1, 0.15) is 37.6 Å². The molecule has 1 aromatic carbocycles. The first kappa shape index (κ1) is 13.1. The highest BCUT2D eigenvalue weighted by atomic mass is 79.9. The monoisotopic (exact) mass is 281 g/mol. The van der Waals surface area contributed by atoms with Crippen molar-refractivity contribution in [3.05, 3.63) is 28.2 Å². The molecule has 0 N–H and O–H groups in total. The molecule has 0 aliphatic carbocycles. The summed E-state index contributed by atoms with van der Waals surface area (Å²) >= 11 is 3.38. The second-order valence-corrected chi connectivity index (χ2v) is 4.80. The van der Waals surface area contributed by atoms with Crippen molar-refractivity contribution in [2.24, 2.45) is 10.9 Å². The Morgan fingerprint density at radius 1 is 1.56 bits per heavy atom. The standard InChI is InChI=1S/C13H16BrNO/c1-4-9(2)10(3)15-13-7-12(14)6-5-11(13)8-16/h5-9H,4H2,1-3H3. The lowest BCUT2D eigenvalue weighted by atomic mass is 10.0. The summed E-state index contributed by atoms with van der Waals surface area (Å²) in [5.74, 6) is 0.443. The van der Waals surface area contributed by atoms with E-state index in [2.05, 4.69) is 34.8 Å². The van der Waals surface area contributed by atoms with E-state index in [1.807, 2.05) is 19.1 Å². The Balaban J connectivity index is 3.12. The minimum Gasteiger partial charge on any atom is -0.298 e. The van der Waals surface area contributed by atoms with Gasteiger partial charge < -0.3 is 0 Å². The summed E-state index contributed by atoms with van der Waals surface area (Å²) in [5.41, 5.74) is 2.43. The Morgan fingerprint density at radius 2 is 2.25 bits per heavy atom. The van der Waals surface area contributed by atoms with Crippen LogP contribution in [-0.2, 0) is 0 Å². The van der Waals surface area contributed by atoms with Crippen LogP contribution in [0.5, 0.6) is 0 Å². The van der Waals surface area contributed by atoms with E-state index in [9.17, 15) is 4.79 Å². The van der Waals surface area contributed by atoms with Crippen LogP contribution in [0.3, 0.4) is 0 Å². The summed E-state index contributed by atoms with van der Waals surface area (Å²) in [6.45, 7) is 6.27. The van der Waals surface area contributed by atoms with Crippen LogP contribution in [0.4, 0.5) is 5.69 Å². The molecule has 2 nitrogen and oxygen atoms in total. The summed E-state index contributed by atoms with van der Waals surface area (Å²) in [4.78, 5) is 15.4. The SMILES string of the molecule is CCC(C)C(C)=Nc1cc(Br)ccc1C=O. The number of aliphatic imine (C=N–C) groups is 1. The van der Waals surface area contributed by atoms with E-state index in [-0.39, 0.29) is 0 Å². The molecular formula is C13H16BrNO. The fraction of sp³-hybridized carbons (Fsp3) is 0.385. The topological polar surface area (TPSA) is 29.4 Å². The van der Waals surface area contributed by atoms with Crippen molar-refractivity contribution >= 4 is 33.6 Å². The highest BCUT2D eigenvalue weighted by Gasteiger charge is 2.05. The molecule has 0 radical (unpaired) electrons. The number of halogens is 1. The molecule has 1 aromatic rings. The number of carbonyl (C=O) groups excluding carboxylic acids is 1. The molecule has 1 unspecified atom stereocenters. The van der Waals surface area contributed by atoms with Gasteiger partial charge in [-0.2, -0.15) is 0 Å². The van der Waals surface area contributed by atoms with Crippen LogP contribution in [0.15, 0.2) is 27.7 Å². The maximum Gasteiger partial charge on any atom is 0.152 e. The summed E-state index contributed by atoms with van der Waals surface area (Å²) in [6.07, 6.45) is 1.90. The molecule has 0 fully saturated rings. The minimum absolute atomic E-state index is 0.443. The van der Waals surface area contributed by atoms with E-state index >= 15 is 0 Å². The molecule has 16 heavy (non-hydrogen) atoms. The van der Waals surface area contributed by atoms with Crippen molar-refractivity contribution < 1.29 is 4.79 Å². The zero-order chi connectivity index (χ0) is 12.1. The fourth-order valence-electron chi connectivity index (χ4n) is 1.31. The van der Waals surface area contributed by atoms with Crippen LogP contribution in [0.25, 0.3) is 0 Å². The second kappa shape index (κ2) is 5.94. The van der Waals surface area contributed by atoms with E-state index in [0.717, 1.165) is 28.6 Å². The number of benzene rings is 1. The van der Waals surface area contributed by atoms with Gasteiger partial charge in [0.05, 0.1) is 5.69 Å². The maximum atomic E-state index is 10.9. The predicted octanol–water partition coefficient (Wildman–Crippen LogP) is 4.40. The van der Waals surface area contributed by atoms with Gasteiger partial charge >= 0.3 is 0 Å². The molecule has 0 aromatic heterocycles. The Kier molecular flexibility index (Phi) is 4.87. The number of rotatable bonds is 4. The Morgan fingerprint density at radius 3 is 2.81 bits per heavy atom. The fourth-order valence-corrected chi connectivity index (χ4v) is 1.66. The number of aldehydes is 1. The molecule has 0 spiro atoms. The van der Waals surface area contributed by atoms with Gasteiger partial charge in [0, 0.05) is 15.7 Å². The van der Waals surface area contributed by atoms with E-state index in [4.69, 9.17) is 0 Å². The second-order valence-electron chi connectivity index (χ2n) is 3.88. The molecule has 1 atom stereocenters. The third-order valence-electron chi connectivity index (χ3n) is 2.74. The van der Waals surface area contributed by atoms with Gasteiger partial charge in [-0.05, 0) is 37.5 Å². The van der Waals surface area contributed by atoms with Crippen molar-refractivity contribution in [3.8, 4) is 0 Å². The van der Waals surface area contributed by atoms with Gasteiger partial charge in [-0.15, -0.1) is 0 Å². The average Bonchev–Trinajstić information content (AvgIpc) is 2.28. The summed E-state index contributed by atoms with van der Waals surface area (Å²) in [5, 5.41) is 0. The molecular weight excluding hydrogens is 266 g/mol. The van der Waals surface area contributed by atoms with E-state index in [0.29, 0.717) is 11.5 Å². The normalized spacial score (nSPS) is 13.6. The third kappa shape index (κ3) is 3.27. The largest absolute Gasteiger partial charge is 0.298 e. The molecule has 0 amide bonds. The van der Waals surface area contributed by atoms with Crippen LogP contribution >= 0.6 is 15.9 Å². The predicted molar refractivity (Wildman–Crippen MR) is 71.8 cm³/mol. The smallest absolute Gasteiger partial charge is 0.152 e. The molecule has 0 bridgehead atoms. The number of carbonyl (C=O) groups is 1. The summed E-state index contributed by atoms with van der Waals surface area (Å²) < 4.78 is 0.939. The average molecular weight is 282 g/mol. The molecule has 0 aliphatic rings. The van der Waals surface area contributed by atoms with Crippen LogP contribution < -0.4 is 0 Å². The lowest BCUT2D eigenvalue weighted by Gasteiger charge is -2.08. The Bertz CT molecular complexity index is 412. The van der Waals surface area contributed by atoms with Crippen molar-refractivity contribution in [1.29, 1.82) is 0 Å². The number of hydrogen-bond donors (Lipinski definition) is 0. The van der Waals surface area contributed by atoms with Crippen LogP contribution in [0.2, 0.25) is 0 Å². The molecule has 0 saturated heterocycles. The van der Waals surface area contributed by atoms with Gasteiger partial charge in [0.2, 0.25) is 0 Å². The highest BCUT2D eigenvalue weighted by Crippen LogP contribution is 2.24. The van der Waals surface area contributed by atoms with Gasteiger partial charge in [-0.3, -0.25) is 9.79 Å². The first-order chi connectivity index (χ1) is 7.58. The third-order valence-corrected chi connectivity index (χ3v) is 3.24. The van der Waals surface area contributed by atoms with Crippen LogP contribution in [-0.4, -0.2) is 12.0 Å². The minimum atomic E-state index is 0.443. The molecule has 86 valence electrons. The molecule has 0 aliphatic heterocycles. The van der Waals surface area contributed by atoms with Gasteiger partial charge in [0.25, 0.3) is 0 Å². The number of hydrogen-bond acceptors (Lipinski definition) is 2. The van der Waals surface area contributed by atoms with Gasteiger partial charge in [0.1, 0.15) is 0 Å².